The van der Waals surface area contributed by atoms with Crippen LogP contribution in [-0.4, -0.2) is 40.2 Å². The van der Waals surface area contributed by atoms with Crippen LogP contribution < -0.4 is 10.8 Å². The number of carbonyl (C=O) groups is 1. The van der Waals surface area contributed by atoms with E-state index in [0.29, 0.717) is 0 Å². The third-order valence-corrected chi connectivity index (χ3v) is 5.96. The van der Waals surface area contributed by atoms with Crippen molar-refractivity contribution < 1.29 is 14.1 Å². The summed E-state index contributed by atoms with van der Waals surface area (Å²) in [5, 5.41) is 7.58. The van der Waals surface area contributed by atoms with E-state index in [9.17, 15) is 4.79 Å². The molecule has 1 aliphatic heterocycles. The standard InChI is InChI=1S/C18H30BN3O3/c1-12-15(19-24-17(3,4)18(5,6)25-19)13(2)22(21-12)16(23)20-14-10-8-7-9-11-14/h14H,7-11H2,1-6H3,(H,20,23). The number of carbonyl (C=O) groups excluding carboxylic acids is 1. The Balaban J connectivity index is 1.80. The number of nitrogens with one attached hydrogen (secondary N) is 1. The summed E-state index contributed by atoms with van der Waals surface area (Å²) in [6, 6.07) is 0.0979. The first-order valence-corrected chi connectivity index (χ1v) is 9.35. The van der Waals surface area contributed by atoms with Crippen LogP contribution in [0.3, 0.4) is 0 Å². The first kappa shape index (κ1) is 18.5. The molecule has 0 aromatic carbocycles. The van der Waals surface area contributed by atoms with Crippen molar-refractivity contribution in [2.45, 2.75) is 90.9 Å². The second kappa shape index (κ2) is 6.43. The van der Waals surface area contributed by atoms with E-state index in [1.807, 2.05) is 41.5 Å². The summed E-state index contributed by atoms with van der Waals surface area (Å²) >= 11 is 0. The molecule has 2 fully saturated rings. The van der Waals surface area contributed by atoms with Gasteiger partial charge in [-0.15, -0.1) is 0 Å². The zero-order valence-electron chi connectivity index (χ0n) is 16.3. The van der Waals surface area contributed by atoms with E-state index < -0.39 is 18.3 Å². The molecule has 2 aliphatic rings. The van der Waals surface area contributed by atoms with E-state index in [1.165, 1.54) is 23.9 Å². The van der Waals surface area contributed by atoms with Crippen molar-refractivity contribution >= 4 is 18.6 Å². The minimum absolute atomic E-state index is 0.157. The van der Waals surface area contributed by atoms with Gasteiger partial charge in [-0.3, -0.25) is 0 Å². The van der Waals surface area contributed by atoms with Crippen LogP contribution in [-0.2, 0) is 9.31 Å². The summed E-state index contributed by atoms with van der Waals surface area (Å²) < 4.78 is 13.8. The van der Waals surface area contributed by atoms with Gasteiger partial charge in [0.15, 0.2) is 0 Å². The Kier molecular flexibility index (Phi) is 4.75. The minimum Gasteiger partial charge on any atom is -0.399 e. The zero-order chi connectivity index (χ0) is 18.4. The van der Waals surface area contributed by atoms with Gasteiger partial charge in [0.25, 0.3) is 0 Å². The Morgan fingerprint density at radius 1 is 1.12 bits per heavy atom. The fraction of sp³-hybridized carbons (Fsp3) is 0.778. The predicted molar refractivity (Wildman–Crippen MR) is 98.2 cm³/mol. The van der Waals surface area contributed by atoms with Crippen LogP contribution in [0.4, 0.5) is 4.79 Å². The average Bonchev–Trinajstić information content (AvgIpc) is 2.92. The van der Waals surface area contributed by atoms with Crippen molar-refractivity contribution in [3.8, 4) is 0 Å². The molecule has 1 aliphatic carbocycles. The summed E-state index contributed by atoms with van der Waals surface area (Å²) in [7, 11) is -0.499. The van der Waals surface area contributed by atoms with E-state index in [1.54, 1.807) is 0 Å². The van der Waals surface area contributed by atoms with Crippen LogP contribution in [0, 0.1) is 13.8 Å². The number of nitrogens with zero attached hydrogens (tertiary/aromatic N) is 2. The van der Waals surface area contributed by atoms with Gasteiger partial charge in [-0.1, -0.05) is 19.3 Å². The van der Waals surface area contributed by atoms with Gasteiger partial charge in [0.05, 0.1) is 16.9 Å². The molecule has 0 atom stereocenters. The lowest BCUT2D eigenvalue weighted by Gasteiger charge is -2.32. The number of aromatic nitrogens is 2. The zero-order valence-corrected chi connectivity index (χ0v) is 16.3. The molecule has 1 amide bonds. The molecule has 1 saturated carbocycles. The van der Waals surface area contributed by atoms with Gasteiger partial charge in [0.2, 0.25) is 0 Å². The van der Waals surface area contributed by atoms with Crippen LogP contribution in [0.5, 0.6) is 0 Å². The smallest absolute Gasteiger partial charge is 0.399 e. The fourth-order valence-electron chi connectivity index (χ4n) is 3.64. The van der Waals surface area contributed by atoms with Gasteiger partial charge in [-0.2, -0.15) is 9.78 Å². The number of hydrogen-bond acceptors (Lipinski definition) is 4. The molecule has 1 N–H and O–H groups in total. The Hall–Kier alpha value is -1.34. The van der Waals surface area contributed by atoms with Gasteiger partial charge in [-0.25, -0.2) is 4.79 Å². The van der Waals surface area contributed by atoms with Crippen molar-refractivity contribution in [1.29, 1.82) is 0 Å². The lowest BCUT2D eigenvalue weighted by molar-refractivity contribution is 0.00578. The summed E-state index contributed by atoms with van der Waals surface area (Å²) in [6.45, 7) is 11.9. The number of amides is 1. The molecule has 3 rings (SSSR count). The summed E-state index contributed by atoms with van der Waals surface area (Å²) in [6.07, 6.45) is 5.73. The Labute approximate surface area is 150 Å². The Morgan fingerprint density at radius 2 is 1.68 bits per heavy atom. The van der Waals surface area contributed by atoms with Crippen molar-refractivity contribution in [2.24, 2.45) is 0 Å². The monoisotopic (exact) mass is 347 g/mol. The quantitative estimate of drug-likeness (QED) is 0.836. The average molecular weight is 347 g/mol. The van der Waals surface area contributed by atoms with Crippen molar-refractivity contribution in [3.63, 3.8) is 0 Å². The maximum absolute atomic E-state index is 12.7. The van der Waals surface area contributed by atoms with Crippen molar-refractivity contribution in [2.75, 3.05) is 0 Å². The minimum atomic E-state index is -0.499. The highest BCUT2D eigenvalue weighted by molar-refractivity contribution is 6.63. The molecule has 0 radical (unpaired) electrons. The Morgan fingerprint density at radius 3 is 2.24 bits per heavy atom. The van der Waals surface area contributed by atoms with Crippen LogP contribution in [0.1, 0.15) is 71.2 Å². The maximum Gasteiger partial charge on any atom is 0.498 e. The first-order valence-electron chi connectivity index (χ1n) is 9.35. The van der Waals surface area contributed by atoms with E-state index in [4.69, 9.17) is 9.31 Å². The Bertz CT molecular complexity index is 647. The van der Waals surface area contributed by atoms with Crippen molar-refractivity contribution in [3.05, 3.63) is 11.4 Å². The molecule has 138 valence electrons. The lowest BCUT2D eigenvalue weighted by atomic mass is 9.77. The molecule has 6 nitrogen and oxygen atoms in total. The maximum atomic E-state index is 12.7. The molecule has 0 spiro atoms. The SMILES string of the molecule is Cc1nn(C(=O)NC2CCCCC2)c(C)c1B1OC(C)(C)C(C)(C)O1. The first-order chi connectivity index (χ1) is 11.6. The van der Waals surface area contributed by atoms with Gasteiger partial charge < -0.3 is 14.6 Å². The van der Waals surface area contributed by atoms with E-state index >= 15 is 0 Å². The molecule has 1 aromatic heterocycles. The van der Waals surface area contributed by atoms with Crippen LogP contribution >= 0.6 is 0 Å². The summed E-state index contributed by atoms with van der Waals surface area (Å²) in [4.78, 5) is 12.7. The molecule has 0 bridgehead atoms. The highest BCUT2D eigenvalue weighted by atomic mass is 16.7. The van der Waals surface area contributed by atoms with Gasteiger partial charge in [-0.05, 0) is 54.4 Å². The number of rotatable bonds is 2. The highest BCUT2D eigenvalue weighted by Gasteiger charge is 2.53. The normalized spacial score (nSPS) is 23.0. The molecule has 2 heterocycles. The molecule has 1 aromatic rings. The molecule has 0 unspecified atom stereocenters. The van der Waals surface area contributed by atoms with E-state index in [0.717, 1.165) is 29.7 Å². The topological polar surface area (TPSA) is 65.4 Å². The second-order valence-corrected chi connectivity index (χ2v) is 8.37. The third-order valence-electron chi connectivity index (χ3n) is 5.96. The van der Waals surface area contributed by atoms with E-state index in [-0.39, 0.29) is 12.1 Å². The fourth-order valence-corrected chi connectivity index (χ4v) is 3.64. The molecule has 25 heavy (non-hydrogen) atoms. The summed E-state index contributed by atoms with van der Waals surface area (Å²) in [5.74, 6) is 0. The predicted octanol–water partition coefficient (Wildman–Crippen LogP) is 2.69. The summed E-state index contributed by atoms with van der Waals surface area (Å²) in [5.41, 5.74) is 1.59. The van der Waals surface area contributed by atoms with Crippen molar-refractivity contribution in [1.82, 2.24) is 15.1 Å². The second-order valence-electron chi connectivity index (χ2n) is 8.37. The highest BCUT2D eigenvalue weighted by Crippen LogP contribution is 2.36. The van der Waals surface area contributed by atoms with Gasteiger partial charge in [0, 0.05) is 17.2 Å². The third kappa shape index (κ3) is 3.36. The van der Waals surface area contributed by atoms with Gasteiger partial charge >= 0.3 is 13.1 Å². The van der Waals surface area contributed by atoms with E-state index in [2.05, 4.69) is 10.4 Å². The number of aryl methyl sites for hydroxylation is 1. The molecule has 7 heteroatoms. The van der Waals surface area contributed by atoms with Crippen LogP contribution in [0.25, 0.3) is 0 Å². The lowest BCUT2D eigenvalue weighted by Crippen LogP contribution is -2.41. The number of hydrogen-bond donors (Lipinski definition) is 1. The molecular weight excluding hydrogens is 317 g/mol. The molecular formula is C18H30BN3O3. The van der Waals surface area contributed by atoms with Crippen LogP contribution in [0.2, 0.25) is 0 Å². The van der Waals surface area contributed by atoms with Crippen LogP contribution in [0.15, 0.2) is 0 Å². The largest absolute Gasteiger partial charge is 0.498 e. The molecule has 1 saturated heterocycles. The van der Waals surface area contributed by atoms with Gasteiger partial charge in [0.1, 0.15) is 0 Å².